The molecule has 0 radical (unpaired) electrons. The molecule has 1 aliphatic rings. The number of aryl methyl sites for hydroxylation is 1. The van der Waals surface area contributed by atoms with Crippen LogP contribution in [0.3, 0.4) is 0 Å². The Morgan fingerprint density at radius 3 is 2.40 bits per heavy atom. The Labute approximate surface area is 178 Å². The summed E-state index contributed by atoms with van der Waals surface area (Å²) in [5, 5.41) is 9.43. The number of rotatable bonds is 3. The number of fused-ring (bicyclic) bond motifs is 1. The summed E-state index contributed by atoms with van der Waals surface area (Å²) < 4.78 is 1.04. The zero-order valence-corrected chi connectivity index (χ0v) is 17.5. The van der Waals surface area contributed by atoms with Gasteiger partial charge in [-0.1, -0.05) is 36.4 Å². The molecule has 0 aliphatic carbocycles. The van der Waals surface area contributed by atoms with Crippen molar-refractivity contribution in [3.63, 3.8) is 0 Å². The van der Waals surface area contributed by atoms with E-state index in [1.807, 2.05) is 53.4 Å². The van der Waals surface area contributed by atoms with Crippen molar-refractivity contribution in [2.75, 3.05) is 31.1 Å². The third-order valence-corrected chi connectivity index (χ3v) is 6.46. The van der Waals surface area contributed by atoms with Gasteiger partial charge in [0.1, 0.15) is 0 Å². The zero-order chi connectivity index (χ0) is 20.5. The number of amides is 1. The maximum Gasteiger partial charge on any atom is 0.282 e. The summed E-state index contributed by atoms with van der Waals surface area (Å²) in [5.41, 5.74) is 4.04. The average Bonchev–Trinajstić information content (AvgIpc) is 3.24. The van der Waals surface area contributed by atoms with Crippen LogP contribution in [0.4, 0.5) is 5.82 Å². The fourth-order valence-corrected chi connectivity index (χ4v) is 4.67. The van der Waals surface area contributed by atoms with E-state index in [1.165, 1.54) is 16.9 Å². The SMILES string of the molecule is Cc1ccccc1-c1ccc(N2CCN(C(=O)c3nc4ccccc4s3)CC2)nn1. The first-order valence-corrected chi connectivity index (χ1v) is 10.8. The van der Waals surface area contributed by atoms with E-state index >= 15 is 0 Å². The summed E-state index contributed by atoms with van der Waals surface area (Å²) >= 11 is 1.46. The van der Waals surface area contributed by atoms with Gasteiger partial charge in [-0.05, 0) is 36.8 Å². The molecule has 1 saturated heterocycles. The standard InChI is InChI=1S/C23H21N5OS/c1-16-6-2-3-7-17(16)18-10-11-21(26-25-18)27-12-14-28(15-13-27)23(29)22-24-19-8-4-5-9-20(19)30-22/h2-11H,12-15H2,1H3. The predicted octanol–water partition coefficient (Wildman–Crippen LogP) is 4.02. The minimum Gasteiger partial charge on any atom is -0.352 e. The van der Waals surface area contributed by atoms with Crippen LogP contribution < -0.4 is 4.90 Å². The number of aromatic nitrogens is 3. The van der Waals surface area contributed by atoms with Crippen LogP contribution in [-0.2, 0) is 0 Å². The number of carbonyl (C=O) groups is 1. The monoisotopic (exact) mass is 415 g/mol. The second kappa shape index (κ2) is 7.84. The molecule has 6 nitrogen and oxygen atoms in total. The number of thiazole rings is 1. The second-order valence-electron chi connectivity index (χ2n) is 7.36. The van der Waals surface area contributed by atoms with Crippen molar-refractivity contribution in [1.82, 2.24) is 20.1 Å². The average molecular weight is 416 g/mol. The van der Waals surface area contributed by atoms with Gasteiger partial charge in [0.05, 0.1) is 15.9 Å². The number of hydrogen-bond acceptors (Lipinski definition) is 6. The number of hydrogen-bond donors (Lipinski definition) is 0. The van der Waals surface area contributed by atoms with Crippen LogP contribution in [0.5, 0.6) is 0 Å². The first-order valence-electron chi connectivity index (χ1n) is 9.98. The Bertz CT molecular complexity index is 1160. The number of benzene rings is 2. The van der Waals surface area contributed by atoms with Crippen molar-refractivity contribution in [1.29, 1.82) is 0 Å². The molecular weight excluding hydrogens is 394 g/mol. The van der Waals surface area contributed by atoms with Crippen molar-refractivity contribution in [3.05, 3.63) is 71.2 Å². The lowest BCUT2D eigenvalue weighted by Gasteiger charge is -2.34. The summed E-state index contributed by atoms with van der Waals surface area (Å²) in [4.78, 5) is 21.4. The van der Waals surface area contributed by atoms with E-state index in [0.717, 1.165) is 40.4 Å². The van der Waals surface area contributed by atoms with E-state index in [4.69, 9.17) is 0 Å². The van der Waals surface area contributed by atoms with E-state index in [1.54, 1.807) is 0 Å². The number of carbonyl (C=O) groups excluding carboxylic acids is 1. The van der Waals surface area contributed by atoms with Crippen LogP contribution in [0.15, 0.2) is 60.7 Å². The highest BCUT2D eigenvalue weighted by Crippen LogP contribution is 2.24. The van der Waals surface area contributed by atoms with E-state index in [2.05, 4.69) is 39.1 Å². The number of para-hydroxylation sites is 1. The molecule has 1 fully saturated rings. The molecule has 2 aromatic carbocycles. The first-order chi connectivity index (χ1) is 14.7. The number of nitrogens with zero attached hydrogens (tertiary/aromatic N) is 5. The summed E-state index contributed by atoms with van der Waals surface area (Å²) in [5.74, 6) is 0.858. The lowest BCUT2D eigenvalue weighted by atomic mass is 10.1. The minimum absolute atomic E-state index is 0.0110. The molecule has 4 aromatic rings. The molecular formula is C23H21N5OS. The largest absolute Gasteiger partial charge is 0.352 e. The Morgan fingerprint density at radius 1 is 0.900 bits per heavy atom. The van der Waals surface area contributed by atoms with Crippen LogP contribution in [0.1, 0.15) is 15.4 Å². The Morgan fingerprint density at radius 2 is 1.67 bits per heavy atom. The van der Waals surface area contributed by atoms with Gasteiger partial charge in [0.15, 0.2) is 10.8 Å². The molecule has 7 heteroatoms. The van der Waals surface area contributed by atoms with Gasteiger partial charge in [0.25, 0.3) is 5.91 Å². The zero-order valence-electron chi connectivity index (χ0n) is 16.7. The third-order valence-electron chi connectivity index (χ3n) is 5.44. The van der Waals surface area contributed by atoms with Crippen molar-refractivity contribution < 1.29 is 4.79 Å². The molecule has 0 unspecified atom stereocenters. The highest BCUT2D eigenvalue weighted by molar-refractivity contribution is 7.20. The quantitative estimate of drug-likeness (QED) is 0.506. The summed E-state index contributed by atoms with van der Waals surface area (Å²) in [6, 6.07) is 20.1. The predicted molar refractivity (Wildman–Crippen MR) is 120 cm³/mol. The maximum absolute atomic E-state index is 12.9. The smallest absolute Gasteiger partial charge is 0.282 e. The minimum atomic E-state index is 0.0110. The van der Waals surface area contributed by atoms with Gasteiger partial charge in [0.2, 0.25) is 0 Å². The van der Waals surface area contributed by atoms with Crippen molar-refractivity contribution in [2.45, 2.75) is 6.92 Å². The van der Waals surface area contributed by atoms with E-state index < -0.39 is 0 Å². The molecule has 1 aliphatic heterocycles. The van der Waals surface area contributed by atoms with Gasteiger partial charge in [0, 0.05) is 31.7 Å². The molecule has 150 valence electrons. The molecule has 3 heterocycles. The lowest BCUT2D eigenvalue weighted by Crippen LogP contribution is -2.49. The molecule has 0 atom stereocenters. The number of piperazine rings is 1. The first kappa shape index (κ1) is 18.7. The molecule has 0 saturated carbocycles. The summed E-state index contributed by atoms with van der Waals surface area (Å²) in [6.45, 7) is 4.84. The van der Waals surface area contributed by atoms with Crippen molar-refractivity contribution in [2.24, 2.45) is 0 Å². The van der Waals surface area contributed by atoms with Crippen LogP contribution in [0, 0.1) is 6.92 Å². The molecule has 1 amide bonds. The van der Waals surface area contributed by atoms with Crippen LogP contribution in [-0.4, -0.2) is 52.2 Å². The second-order valence-corrected chi connectivity index (χ2v) is 8.39. The van der Waals surface area contributed by atoms with Gasteiger partial charge >= 0.3 is 0 Å². The van der Waals surface area contributed by atoms with Crippen molar-refractivity contribution >= 4 is 33.3 Å². The Balaban J connectivity index is 1.25. The van der Waals surface area contributed by atoms with Crippen LogP contribution in [0.2, 0.25) is 0 Å². The molecule has 30 heavy (non-hydrogen) atoms. The van der Waals surface area contributed by atoms with Crippen LogP contribution >= 0.6 is 11.3 Å². The van der Waals surface area contributed by atoms with E-state index in [9.17, 15) is 4.79 Å². The topological polar surface area (TPSA) is 62.2 Å². The maximum atomic E-state index is 12.9. The third kappa shape index (κ3) is 3.52. The van der Waals surface area contributed by atoms with Gasteiger partial charge < -0.3 is 9.80 Å². The van der Waals surface area contributed by atoms with Crippen LogP contribution in [0.25, 0.3) is 21.5 Å². The summed E-state index contributed by atoms with van der Waals surface area (Å²) in [7, 11) is 0. The molecule has 0 bridgehead atoms. The highest BCUT2D eigenvalue weighted by atomic mass is 32.1. The Kier molecular flexibility index (Phi) is 4.88. The lowest BCUT2D eigenvalue weighted by molar-refractivity contribution is 0.0746. The van der Waals surface area contributed by atoms with Gasteiger partial charge in [-0.3, -0.25) is 4.79 Å². The summed E-state index contributed by atoms with van der Waals surface area (Å²) in [6.07, 6.45) is 0. The fraction of sp³-hybridized carbons (Fsp3) is 0.217. The van der Waals surface area contributed by atoms with Gasteiger partial charge in [-0.25, -0.2) is 4.98 Å². The fourth-order valence-electron chi connectivity index (χ4n) is 3.74. The molecule has 2 aromatic heterocycles. The number of anilines is 1. The van der Waals surface area contributed by atoms with Crippen molar-refractivity contribution in [3.8, 4) is 11.3 Å². The molecule has 5 rings (SSSR count). The van der Waals surface area contributed by atoms with Gasteiger partial charge in [-0.2, -0.15) is 0 Å². The Hall–Kier alpha value is -3.32. The molecule has 0 spiro atoms. The molecule has 0 N–H and O–H groups in total. The van der Waals surface area contributed by atoms with E-state index in [0.29, 0.717) is 18.1 Å². The normalized spacial score (nSPS) is 14.3. The highest BCUT2D eigenvalue weighted by Gasteiger charge is 2.25. The van der Waals surface area contributed by atoms with Gasteiger partial charge in [-0.15, -0.1) is 21.5 Å². The van der Waals surface area contributed by atoms with E-state index in [-0.39, 0.29) is 5.91 Å².